The minimum atomic E-state index is -0.408. The highest BCUT2D eigenvalue weighted by molar-refractivity contribution is 7.71. The third kappa shape index (κ3) is 3.54. The summed E-state index contributed by atoms with van der Waals surface area (Å²) < 4.78 is 7.94. The lowest BCUT2D eigenvalue weighted by Gasteiger charge is -2.20. The summed E-state index contributed by atoms with van der Waals surface area (Å²) >= 11 is 5.26. The first kappa shape index (κ1) is 18.7. The summed E-state index contributed by atoms with van der Waals surface area (Å²) in [5, 5.41) is 9.93. The Morgan fingerprint density at radius 1 is 1.43 bits per heavy atom. The molecule has 2 fully saturated rings. The number of aryl methyl sites for hydroxylation is 1. The Bertz CT molecular complexity index is 978. The van der Waals surface area contributed by atoms with Gasteiger partial charge in [0.1, 0.15) is 5.75 Å². The molecular weight excluding hydrogens is 378 g/mol. The highest BCUT2D eigenvalue weighted by Crippen LogP contribution is 2.36. The number of aromatic amines is 1. The number of H-pyrrole nitrogens is 1. The molecule has 0 spiro atoms. The van der Waals surface area contributed by atoms with Crippen LogP contribution in [-0.4, -0.2) is 40.2 Å². The Morgan fingerprint density at radius 3 is 2.93 bits per heavy atom. The number of methoxy groups -OCH3 is 1. The molecule has 2 aromatic rings. The highest BCUT2D eigenvalue weighted by Gasteiger charge is 2.36. The number of amides is 2. The van der Waals surface area contributed by atoms with Gasteiger partial charge in [-0.2, -0.15) is 5.10 Å². The molecule has 1 aliphatic heterocycles. The number of nitrogens with zero attached hydrogens (tertiary/aromatic N) is 3. The van der Waals surface area contributed by atoms with Gasteiger partial charge < -0.3 is 15.0 Å². The third-order valence-corrected chi connectivity index (χ3v) is 5.52. The van der Waals surface area contributed by atoms with E-state index in [1.165, 1.54) is 0 Å². The molecule has 1 atom stereocenters. The van der Waals surface area contributed by atoms with E-state index in [-0.39, 0.29) is 18.2 Å². The van der Waals surface area contributed by atoms with Crippen LogP contribution in [0.3, 0.4) is 0 Å². The zero-order valence-corrected chi connectivity index (χ0v) is 16.7. The number of ether oxygens (including phenoxy) is 1. The van der Waals surface area contributed by atoms with Crippen molar-refractivity contribution in [1.29, 1.82) is 0 Å². The number of hydrogen-bond donors (Lipinski definition) is 2. The summed E-state index contributed by atoms with van der Waals surface area (Å²) in [6.45, 7) is 2.58. The monoisotopic (exact) mass is 401 g/mol. The molecule has 2 amide bonds. The zero-order chi connectivity index (χ0) is 19.8. The SMILES string of the molecule is COc1ccc(C)cc1N1CC(C(=O)NCc2n[nH]c(=S)n2C2CC2)CC1=O. The van der Waals surface area contributed by atoms with Crippen LogP contribution >= 0.6 is 12.2 Å². The summed E-state index contributed by atoms with van der Waals surface area (Å²) in [7, 11) is 1.57. The molecule has 2 N–H and O–H groups in total. The molecule has 1 unspecified atom stereocenters. The first-order valence-electron chi connectivity index (χ1n) is 9.36. The van der Waals surface area contributed by atoms with E-state index in [2.05, 4.69) is 15.5 Å². The maximum absolute atomic E-state index is 12.7. The number of aromatic nitrogens is 3. The molecular formula is C19H23N5O3S. The van der Waals surface area contributed by atoms with Gasteiger partial charge in [-0.05, 0) is 49.7 Å². The largest absolute Gasteiger partial charge is 0.495 e. The first-order valence-corrected chi connectivity index (χ1v) is 9.77. The van der Waals surface area contributed by atoms with Crippen molar-refractivity contribution in [3.05, 3.63) is 34.4 Å². The molecule has 0 radical (unpaired) electrons. The minimum absolute atomic E-state index is 0.0790. The van der Waals surface area contributed by atoms with Gasteiger partial charge in [0.05, 0.1) is 25.3 Å². The van der Waals surface area contributed by atoms with Crippen LogP contribution in [0.2, 0.25) is 0 Å². The molecule has 2 aliphatic rings. The molecule has 1 saturated carbocycles. The highest BCUT2D eigenvalue weighted by atomic mass is 32.1. The van der Waals surface area contributed by atoms with Gasteiger partial charge in [0.25, 0.3) is 0 Å². The second-order valence-electron chi connectivity index (χ2n) is 7.34. The fourth-order valence-corrected chi connectivity index (χ4v) is 3.91. The van der Waals surface area contributed by atoms with E-state index in [0.717, 1.165) is 24.2 Å². The Kier molecular flexibility index (Phi) is 4.92. The van der Waals surface area contributed by atoms with Crippen LogP contribution in [0.15, 0.2) is 18.2 Å². The van der Waals surface area contributed by atoms with Crippen molar-refractivity contribution in [3.63, 3.8) is 0 Å². The van der Waals surface area contributed by atoms with Crippen molar-refractivity contribution in [3.8, 4) is 5.75 Å². The second-order valence-corrected chi connectivity index (χ2v) is 7.73. The predicted octanol–water partition coefficient (Wildman–Crippen LogP) is 2.26. The molecule has 148 valence electrons. The summed E-state index contributed by atoms with van der Waals surface area (Å²) in [5.74, 6) is 0.708. The number of rotatable bonds is 6. The third-order valence-electron chi connectivity index (χ3n) is 5.23. The van der Waals surface area contributed by atoms with Crippen molar-refractivity contribution < 1.29 is 14.3 Å². The van der Waals surface area contributed by atoms with Gasteiger partial charge in [-0.15, -0.1) is 0 Å². The maximum Gasteiger partial charge on any atom is 0.227 e. The van der Waals surface area contributed by atoms with E-state index in [4.69, 9.17) is 17.0 Å². The van der Waals surface area contributed by atoms with E-state index >= 15 is 0 Å². The molecule has 2 heterocycles. The summed E-state index contributed by atoms with van der Waals surface area (Å²) in [6.07, 6.45) is 2.34. The van der Waals surface area contributed by atoms with Crippen molar-refractivity contribution >= 4 is 29.7 Å². The number of benzene rings is 1. The number of hydrogen-bond acceptors (Lipinski definition) is 5. The van der Waals surface area contributed by atoms with Gasteiger partial charge in [-0.25, -0.2) is 0 Å². The van der Waals surface area contributed by atoms with Crippen LogP contribution in [0, 0.1) is 17.6 Å². The van der Waals surface area contributed by atoms with Crippen molar-refractivity contribution in [1.82, 2.24) is 20.1 Å². The van der Waals surface area contributed by atoms with Gasteiger partial charge in [-0.3, -0.25) is 19.3 Å². The Hall–Kier alpha value is -2.68. The topological polar surface area (TPSA) is 92.2 Å². The molecule has 0 bridgehead atoms. The Balaban J connectivity index is 1.43. The van der Waals surface area contributed by atoms with Crippen LogP contribution in [0.1, 0.15) is 36.7 Å². The fourth-order valence-electron chi connectivity index (χ4n) is 3.61. The van der Waals surface area contributed by atoms with Gasteiger partial charge in [0, 0.05) is 19.0 Å². The van der Waals surface area contributed by atoms with Gasteiger partial charge in [-0.1, -0.05) is 6.07 Å². The van der Waals surface area contributed by atoms with E-state index < -0.39 is 5.92 Å². The normalized spacial score (nSPS) is 19.1. The van der Waals surface area contributed by atoms with Crippen molar-refractivity contribution in [2.24, 2.45) is 5.92 Å². The molecule has 1 saturated heterocycles. The molecule has 1 aromatic carbocycles. The smallest absolute Gasteiger partial charge is 0.227 e. The van der Waals surface area contributed by atoms with Crippen LogP contribution < -0.4 is 15.0 Å². The van der Waals surface area contributed by atoms with Crippen molar-refractivity contribution in [2.45, 2.75) is 38.8 Å². The molecule has 9 heteroatoms. The van der Waals surface area contributed by atoms with Gasteiger partial charge >= 0.3 is 0 Å². The molecule has 1 aromatic heterocycles. The molecule has 1 aliphatic carbocycles. The summed E-state index contributed by atoms with van der Waals surface area (Å²) in [5.41, 5.74) is 1.73. The number of anilines is 1. The average molecular weight is 401 g/mol. The Morgan fingerprint density at radius 2 is 2.21 bits per heavy atom. The zero-order valence-electron chi connectivity index (χ0n) is 15.9. The number of carbonyl (C=O) groups is 2. The van der Waals surface area contributed by atoms with E-state index in [9.17, 15) is 9.59 Å². The van der Waals surface area contributed by atoms with E-state index in [0.29, 0.717) is 35.3 Å². The van der Waals surface area contributed by atoms with Crippen LogP contribution in [0.5, 0.6) is 5.75 Å². The maximum atomic E-state index is 12.7. The first-order chi connectivity index (χ1) is 13.5. The molecule has 8 nitrogen and oxygen atoms in total. The molecule has 28 heavy (non-hydrogen) atoms. The Labute approximate surface area is 167 Å². The van der Waals surface area contributed by atoms with Crippen LogP contribution in [0.25, 0.3) is 0 Å². The number of carbonyl (C=O) groups excluding carboxylic acids is 2. The lowest BCUT2D eigenvalue weighted by atomic mass is 10.1. The quantitative estimate of drug-likeness (QED) is 0.725. The lowest BCUT2D eigenvalue weighted by molar-refractivity contribution is -0.126. The average Bonchev–Trinajstić information content (AvgIpc) is 3.34. The van der Waals surface area contributed by atoms with E-state index in [1.54, 1.807) is 12.0 Å². The predicted molar refractivity (Wildman–Crippen MR) is 106 cm³/mol. The molecule has 4 rings (SSSR count). The minimum Gasteiger partial charge on any atom is -0.495 e. The summed E-state index contributed by atoms with van der Waals surface area (Å²) in [4.78, 5) is 26.9. The lowest BCUT2D eigenvalue weighted by Crippen LogP contribution is -2.33. The van der Waals surface area contributed by atoms with Gasteiger partial charge in [0.15, 0.2) is 10.6 Å². The fraction of sp³-hybridized carbons (Fsp3) is 0.474. The van der Waals surface area contributed by atoms with Crippen LogP contribution in [-0.2, 0) is 16.1 Å². The second kappa shape index (κ2) is 7.38. The summed E-state index contributed by atoms with van der Waals surface area (Å²) in [6, 6.07) is 6.06. The van der Waals surface area contributed by atoms with Crippen LogP contribution in [0.4, 0.5) is 5.69 Å². The van der Waals surface area contributed by atoms with Gasteiger partial charge in [0.2, 0.25) is 11.8 Å². The van der Waals surface area contributed by atoms with E-state index in [1.807, 2.05) is 29.7 Å². The number of nitrogens with one attached hydrogen (secondary N) is 2. The van der Waals surface area contributed by atoms with Crippen molar-refractivity contribution in [2.75, 3.05) is 18.6 Å². The standard InChI is InChI=1S/C19H23N5O3S/c1-11-3-6-15(27-2)14(7-11)23-10-12(8-17(23)25)18(26)20-9-16-21-22-19(28)24(16)13-4-5-13/h3,6-7,12-13H,4-5,8-10H2,1-2H3,(H,20,26)(H,22,28).